The van der Waals surface area contributed by atoms with Crippen molar-refractivity contribution >= 4 is 5.84 Å². The first-order valence-corrected chi connectivity index (χ1v) is 6.09. The number of hydrogen-bond donors (Lipinski definition) is 2. The number of oxime groups is 1. The summed E-state index contributed by atoms with van der Waals surface area (Å²) in [6.45, 7) is 8.51. The topological polar surface area (TPSA) is 74.3 Å². The quantitative estimate of drug-likeness (QED) is 0.289. The third-order valence-corrected chi connectivity index (χ3v) is 3.11. The summed E-state index contributed by atoms with van der Waals surface area (Å²) in [5, 5.41) is 11.6. The van der Waals surface area contributed by atoms with Gasteiger partial charge in [-0.15, -0.1) is 0 Å². The Balaban J connectivity index is 2.17. The zero-order valence-electron chi connectivity index (χ0n) is 10.8. The van der Waals surface area contributed by atoms with E-state index in [0.29, 0.717) is 5.84 Å². The summed E-state index contributed by atoms with van der Waals surface area (Å²) in [6, 6.07) is 0. The van der Waals surface area contributed by atoms with Crippen LogP contribution in [0.15, 0.2) is 5.16 Å². The van der Waals surface area contributed by atoms with E-state index < -0.39 is 0 Å². The van der Waals surface area contributed by atoms with E-state index in [0.717, 1.165) is 45.9 Å². The Morgan fingerprint density at radius 1 is 1.53 bits per heavy atom. The van der Waals surface area contributed by atoms with E-state index in [1.807, 2.05) is 6.92 Å². The maximum atomic E-state index is 8.57. The molecule has 1 fully saturated rings. The molecule has 1 rings (SSSR count). The largest absolute Gasteiger partial charge is 0.409 e. The van der Waals surface area contributed by atoms with Crippen LogP contribution in [0.25, 0.3) is 0 Å². The number of nitrogens with two attached hydrogens (primary N) is 1. The van der Waals surface area contributed by atoms with Crippen molar-refractivity contribution in [2.45, 2.75) is 6.92 Å². The van der Waals surface area contributed by atoms with Crippen LogP contribution in [0.5, 0.6) is 0 Å². The summed E-state index contributed by atoms with van der Waals surface area (Å²) < 4.78 is 5.30. The van der Waals surface area contributed by atoms with Gasteiger partial charge in [0.05, 0.1) is 13.2 Å². The van der Waals surface area contributed by atoms with Crippen LogP contribution in [-0.2, 0) is 4.74 Å². The Labute approximate surface area is 103 Å². The number of rotatable bonds is 6. The SMILES string of the molecule is CC(CN(C)CCN1CCOCC1)C(N)=NO. The van der Waals surface area contributed by atoms with Gasteiger partial charge in [-0.2, -0.15) is 0 Å². The molecule has 6 nitrogen and oxygen atoms in total. The maximum Gasteiger partial charge on any atom is 0.143 e. The third kappa shape index (κ3) is 5.34. The molecule has 0 amide bonds. The van der Waals surface area contributed by atoms with E-state index in [-0.39, 0.29) is 5.92 Å². The minimum atomic E-state index is 0.0784. The number of morpholine rings is 1. The van der Waals surface area contributed by atoms with Crippen LogP contribution in [0.4, 0.5) is 0 Å². The van der Waals surface area contributed by atoms with Gasteiger partial charge < -0.3 is 20.6 Å². The molecule has 0 aliphatic carbocycles. The third-order valence-electron chi connectivity index (χ3n) is 3.11. The number of amidine groups is 1. The monoisotopic (exact) mass is 244 g/mol. The Bertz CT molecular complexity index is 242. The molecule has 1 unspecified atom stereocenters. The zero-order valence-corrected chi connectivity index (χ0v) is 10.8. The fraction of sp³-hybridized carbons (Fsp3) is 0.909. The highest BCUT2D eigenvalue weighted by Crippen LogP contribution is 2.00. The van der Waals surface area contributed by atoms with Crippen molar-refractivity contribution in [1.82, 2.24) is 9.80 Å². The zero-order chi connectivity index (χ0) is 12.7. The number of hydrogen-bond acceptors (Lipinski definition) is 5. The molecule has 6 heteroatoms. The van der Waals surface area contributed by atoms with Gasteiger partial charge in [-0.3, -0.25) is 4.90 Å². The molecule has 0 bridgehead atoms. The van der Waals surface area contributed by atoms with Gasteiger partial charge in [0, 0.05) is 38.6 Å². The molecular weight excluding hydrogens is 220 g/mol. The Kier molecular flexibility index (Phi) is 6.25. The first-order valence-electron chi connectivity index (χ1n) is 6.09. The Hall–Kier alpha value is -0.850. The molecule has 3 N–H and O–H groups in total. The van der Waals surface area contributed by atoms with E-state index in [1.165, 1.54) is 0 Å². The van der Waals surface area contributed by atoms with Gasteiger partial charge in [0.1, 0.15) is 5.84 Å². The fourth-order valence-corrected chi connectivity index (χ4v) is 1.89. The lowest BCUT2D eigenvalue weighted by Gasteiger charge is -2.29. The molecular formula is C11H24N4O2. The molecule has 1 aliphatic heterocycles. The van der Waals surface area contributed by atoms with Crippen molar-refractivity contribution in [1.29, 1.82) is 0 Å². The molecule has 0 spiro atoms. The van der Waals surface area contributed by atoms with Gasteiger partial charge in [0.25, 0.3) is 0 Å². The van der Waals surface area contributed by atoms with Crippen LogP contribution in [0, 0.1) is 5.92 Å². The lowest BCUT2D eigenvalue weighted by molar-refractivity contribution is 0.0343. The van der Waals surface area contributed by atoms with Crippen LogP contribution in [0.3, 0.4) is 0 Å². The number of likely N-dealkylation sites (N-methyl/N-ethyl adjacent to an activating group) is 1. The van der Waals surface area contributed by atoms with Crippen molar-refractivity contribution in [2.75, 3.05) is 53.0 Å². The minimum absolute atomic E-state index is 0.0784. The highest BCUT2D eigenvalue weighted by molar-refractivity contribution is 5.82. The van der Waals surface area contributed by atoms with E-state index in [9.17, 15) is 0 Å². The first-order chi connectivity index (χ1) is 8.13. The van der Waals surface area contributed by atoms with Crippen molar-refractivity contribution < 1.29 is 9.94 Å². The lowest BCUT2D eigenvalue weighted by Crippen LogP contribution is -2.42. The molecule has 1 aliphatic rings. The molecule has 0 aromatic rings. The van der Waals surface area contributed by atoms with Crippen LogP contribution < -0.4 is 5.73 Å². The summed E-state index contributed by atoms with van der Waals surface area (Å²) in [5.74, 6) is 0.373. The summed E-state index contributed by atoms with van der Waals surface area (Å²) in [7, 11) is 2.06. The normalized spacial score (nSPS) is 20.8. The van der Waals surface area contributed by atoms with Gasteiger partial charge in [0.2, 0.25) is 0 Å². The van der Waals surface area contributed by atoms with Gasteiger partial charge in [-0.1, -0.05) is 12.1 Å². The standard InChI is InChI=1S/C11H24N4O2/c1-10(11(12)13-16)9-14(2)3-4-15-5-7-17-8-6-15/h10,16H,3-9H2,1-2H3,(H2,12,13). The molecule has 0 aromatic carbocycles. The molecule has 0 saturated carbocycles. The highest BCUT2D eigenvalue weighted by atomic mass is 16.5. The second kappa shape index (κ2) is 7.47. The van der Waals surface area contributed by atoms with Crippen molar-refractivity contribution in [2.24, 2.45) is 16.8 Å². The molecule has 17 heavy (non-hydrogen) atoms. The average Bonchev–Trinajstić information content (AvgIpc) is 2.36. The molecule has 1 saturated heterocycles. The smallest absolute Gasteiger partial charge is 0.143 e. The Morgan fingerprint density at radius 3 is 2.76 bits per heavy atom. The van der Waals surface area contributed by atoms with E-state index in [2.05, 4.69) is 22.0 Å². The van der Waals surface area contributed by atoms with Gasteiger partial charge in [-0.05, 0) is 7.05 Å². The van der Waals surface area contributed by atoms with Crippen molar-refractivity contribution in [3.8, 4) is 0 Å². The van der Waals surface area contributed by atoms with Gasteiger partial charge in [0.15, 0.2) is 0 Å². The molecule has 0 radical (unpaired) electrons. The molecule has 1 atom stereocenters. The van der Waals surface area contributed by atoms with E-state index in [1.54, 1.807) is 0 Å². The predicted octanol–water partition coefficient (Wildman–Crippen LogP) is -0.367. The highest BCUT2D eigenvalue weighted by Gasteiger charge is 2.13. The van der Waals surface area contributed by atoms with Crippen molar-refractivity contribution in [3.63, 3.8) is 0 Å². The van der Waals surface area contributed by atoms with Crippen LogP contribution in [-0.4, -0.2) is 73.8 Å². The summed E-state index contributed by atoms with van der Waals surface area (Å²) in [6.07, 6.45) is 0. The number of ether oxygens (including phenoxy) is 1. The van der Waals surface area contributed by atoms with E-state index in [4.69, 9.17) is 15.7 Å². The molecule has 100 valence electrons. The second-order valence-corrected chi connectivity index (χ2v) is 4.64. The minimum Gasteiger partial charge on any atom is -0.409 e. The molecule has 1 heterocycles. The number of nitrogens with zero attached hydrogens (tertiary/aromatic N) is 3. The first kappa shape index (κ1) is 14.2. The van der Waals surface area contributed by atoms with E-state index >= 15 is 0 Å². The Morgan fingerprint density at radius 2 is 2.18 bits per heavy atom. The van der Waals surface area contributed by atoms with Crippen molar-refractivity contribution in [3.05, 3.63) is 0 Å². The second-order valence-electron chi connectivity index (χ2n) is 4.64. The van der Waals surface area contributed by atoms with Gasteiger partial charge >= 0.3 is 0 Å². The van der Waals surface area contributed by atoms with Gasteiger partial charge in [-0.25, -0.2) is 0 Å². The van der Waals surface area contributed by atoms with Crippen LogP contribution in [0.2, 0.25) is 0 Å². The summed E-state index contributed by atoms with van der Waals surface area (Å²) >= 11 is 0. The summed E-state index contributed by atoms with van der Waals surface area (Å²) in [4.78, 5) is 4.60. The van der Waals surface area contributed by atoms with Crippen LogP contribution in [0.1, 0.15) is 6.92 Å². The summed E-state index contributed by atoms with van der Waals surface area (Å²) in [5.41, 5.74) is 5.55. The fourth-order valence-electron chi connectivity index (χ4n) is 1.89. The maximum absolute atomic E-state index is 8.57. The average molecular weight is 244 g/mol. The van der Waals surface area contributed by atoms with Crippen LogP contribution >= 0.6 is 0 Å². The predicted molar refractivity (Wildman–Crippen MR) is 67.3 cm³/mol. The molecule has 0 aromatic heterocycles. The lowest BCUT2D eigenvalue weighted by atomic mass is 10.1.